The van der Waals surface area contributed by atoms with Gasteiger partial charge in [-0.05, 0) is 20.9 Å². The number of halogens is 1. The molecule has 10 heteroatoms. The SMILES string of the molecule is NNc1ncc(Cn2cc(Br)c([N+](=O)[O-])n2)s1. The van der Waals surface area contributed by atoms with E-state index in [4.69, 9.17) is 5.84 Å². The zero-order valence-electron chi connectivity index (χ0n) is 8.33. The maximum atomic E-state index is 10.6. The number of hydrazine groups is 1. The second-order valence-corrected chi connectivity index (χ2v) is 5.00. The third-order valence-corrected chi connectivity index (χ3v) is 3.34. The van der Waals surface area contributed by atoms with Gasteiger partial charge >= 0.3 is 5.82 Å². The highest BCUT2D eigenvalue weighted by molar-refractivity contribution is 9.10. The topological polar surface area (TPSA) is 112 Å². The second kappa shape index (κ2) is 4.77. The average molecular weight is 319 g/mol. The fourth-order valence-corrected chi connectivity index (χ4v) is 2.37. The van der Waals surface area contributed by atoms with Gasteiger partial charge in [0, 0.05) is 6.20 Å². The molecule has 17 heavy (non-hydrogen) atoms. The van der Waals surface area contributed by atoms with Crippen LogP contribution in [0.1, 0.15) is 4.88 Å². The number of nitro groups is 1. The van der Waals surface area contributed by atoms with Gasteiger partial charge in [0.05, 0.1) is 22.7 Å². The average Bonchev–Trinajstić information content (AvgIpc) is 2.85. The first kappa shape index (κ1) is 12.0. The lowest BCUT2D eigenvalue weighted by Crippen LogP contribution is -2.05. The zero-order valence-corrected chi connectivity index (χ0v) is 10.7. The third kappa shape index (κ3) is 2.60. The molecule has 0 amide bonds. The summed E-state index contributed by atoms with van der Waals surface area (Å²) in [6.07, 6.45) is 3.19. The molecular formula is C7H7BrN6O2S. The van der Waals surface area contributed by atoms with Crippen LogP contribution in [-0.4, -0.2) is 19.7 Å². The Kier molecular flexibility index (Phi) is 3.36. The minimum Gasteiger partial charge on any atom is -0.358 e. The zero-order chi connectivity index (χ0) is 12.4. The van der Waals surface area contributed by atoms with Gasteiger partial charge in [0.25, 0.3) is 0 Å². The van der Waals surface area contributed by atoms with Gasteiger partial charge in [0.15, 0.2) is 5.13 Å². The van der Waals surface area contributed by atoms with Crippen LogP contribution in [0.3, 0.4) is 0 Å². The molecule has 0 atom stereocenters. The van der Waals surface area contributed by atoms with Crippen LogP contribution in [0.15, 0.2) is 16.9 Å². The molecule has 0 fully saturated rings. The van der Waals surface area contributed by atoms with Crippen molar-refractivity contribution in [1.82, 2.24) is 14.8 Å². The molecule has 0 unspecified atom stereocenters. The van der Waals surface area contributed by atoms with E-state index < -0.39 is 4.92 Å². The van der Waals surface area contributed by atoms with Crippen molar-refractivity contribution in [2.24, 2.45) is 5.84 Å². The Morgan fingerprint density at radius 2 is 2.47 bits per heavy atom. The van der Waals surface area contributed by atoms with Crippen molar-refractivity contribution in [3.63, 3.8) is 0 Å². The molecule has 2 aromatic heterocycles. The Labute approximate surface area is 108 Å². The predicted molar refractivity (Wildman–Crippen MR) is 65.6 cm³/mol. The molecule has 90 valence electrons. The molecular weight excluding hydrogens is 312 g/mol. The number of nitrogens with one attached hydrogen (secondary N) is 1. The molecule has 0 bridgehead atoms. The molecule has 8 nitrogen and oxygen atoms in total. The van der Waals surface area contributed by atoms with Crippen molar-refractivity contribution in [3.8, 4) is 0 Å². The lowest BCUT2D eigenvalue weighted by Gasteiger charge is -1.91. The summed E-state index contributed by atoms with van der Waals surface area (Å²) in [5.41, 5.74) is 2.43. The molecule has 0 aliphatic carbocycles. The van der Waals surface area contributed by atoms with Gasteiger partial charge in [-0.2, -0.15) is 4.68 Å². The van der Waals surface area contributed by atoms with Gasteiger partial charge < -0.3 is 10.1 Å². The molecule has 2 rings (SSSR count). The van der Waals surface area contributed by atoms with Crippen molar-refractivity contribution in [1.29, 1.82) is 0 Å². The van der Waals surface area contributed by atoms with Crippen molar-refractivity contribution in [2.45, 2.75) is 6.54 Å². The molecule has 0 aliphatic rings. The summed E-state index contributed by atoms with van der Waals surface area (Å²) in [7, 11) is 0. The molecule has 3 N–H and O–H groups in total. The molecule has 0 saturated carbocycles. The van der Waals surface area contributed by atoms with Crippen LogP contribution in [0.5, 0.6) is 0 Å². The molecule has 0 saturated heterocycles. The standard InChI is InChI=1S/C7H7BrN6O2S/c8-5-3-13(12-6(5)14(15)16)2-4-1-10-7(11-9)17-4/h1,3H,2,9H2,(H,10,11). The number of nitrogens with zero attached hydrogens (tertiary/aromatic N) is 4. The fraction of sp³-hybridized carbons (Fsp3) is 0.143. The molecule has 2 aromatic rings. The number of nitrogens with two attached hydrogens (primary N) is 1. The van der Waals surface area contributed by atoms with E-state index in [1.54, 1.807) is 12.4 Å². The van der Waals surface area contributed by atoms with Crippen LogP contribution >= 0.6 is 27.3 Å². The normalized spacial score (nSPS) is 10.5. The van der Waals surface area contributed by atoms with Crippen molar-refractivity contribution < 1.29 is 4.92 Å². The van der Waals surface area contributed by atoms with Gasteiger partial charge in [0.2, 0.25) is 0 Å². The molecule has 2 heterocycles. The predicted octanol–water partition coefficient (Wildman–Crippen LogP) is 1.34. The lowest BCUT2D eigenvalue weighted by atomic mass is 10.5. The van der Waals surface area contributed by atoms with E-state index in [0.717, 1.165) is 4.88 Å². The Balaban J connectivity index is 2.18. The van der Waals surface area contributed by atoms with Gasteiger partial charge in [-0.1, -0.05) is 11.3 Å². The number of nitrogen functional groups attached to an aromatic ring is 1. The Bertz CT molecular complexity index is 552. The van der Waals surface area contributed by atoms with Gasteiger partial charge in [0.1, 0.15) is 4.47 Å². The number of aromatic nitrogens is 3. The Hall–Kier alpha value is -1.52. The number of hydrogen-bond acceptors (Lipinski definition) is 7. The van der Waals surface area contributed by atoms with Crippen LogP contribution in [-0.2, 0) is 6.54 Å². The largest absolute Gasteiger partial charge is 0.404 e. The third-order valence-electron chi connectivity index (χ3n) is 1.87. The minimum absolute atomic E-state index is 0.202. The number of rotatable bonds is 4. The first-order valence-corrected chi connectivity index (χ1v) is 5.99. The summed E-state index contributed by atoms with van der Waals surface area (Å²) >= 11 is 4.44. The molecule has 0 aromatic carbocycles. The fourth-order valence-electron chi connectivity index (χ4n) is 1.20. The minimum atomic E-state index is -0.542. The number of hydrogen-bond donors (Lipinski definition) is 2. The van der Waals surface area contributed by atoms with Gasteiger partial charge in [-0.3, -0.25) is 5.43 Å². The summed E-state index contributed by atoms with van der Waals surface area (Å²) < 4.78 is 1.82. The van der Waals surface area contributed by atoms with Crippen LogP contribution in [0.2, 0.25) is 0 Å². The van der Waals surface area contributed by atoms with E-state index in [1.807, 2.05) is 0 Å². The quantitative estimate of drug-likeness (QED) is 0.500. The van der Waals surface area contributed by atoms with E-state index in [9.17, 15) is 10.1 Å². The maximum absolute atomic E-state index is 10.6. The highest BCUT2D eigenvalue weighted by Gasteiger charge is 2.18. The summed E-state index contributed by atoms with van der Waals surface area (Å²) in [6, 6.07) is 0. The van der Waals surface area contributed by atoms with E-state index in [2.05, 4.69) is 31.4 Å². The summed E-state index contributed by atoms with van der Waals surface area (Å²) in [5, 5.41) is 15.0. The highest BCUT2D eigenvalue weighted by Crippen LogP contribution is 2.24. The smallest absolute Gasteiger partial charge is 0.358 e. The lowest BCUT2D eigenvalue weighted by molar-refractivity contribution is -0.390. The highest BCUT2D eigenvalue weighted by atomic mass is 79.9. The number of thiazole rings is 1. The molecule has 0 aliphatic heterocycles. The van der Waals surface area contributed by atoms with Gasteiger partial charge in [-0.15, -0.1) is 0 Å². The molecule has 0 spiro atoms. The van der Waals surface area contributed by atoms with Crippen LogP contribution in [0.25, 0.3) is 0 Å². The van der Waals surface area contributed by atoms with E-state index in [-0.39, 0.29) is 5.82 Å². The van der Waals surface area contributed by atoms with Gasteiger partial charge in [-0.25, -0.2) is 10.8 Å². The van der Waals surface area contributed by atoms with Crippen molar-refractivity contribution in [3.05, 3.63) is 31.9 Å². The van der Waals surface area contributed by atoms with E-state index in [1.165, 1.54) is 16.0 Å². The van der Waals surface area contributed by atoms with Crippen molar-refractivity contribution in [2.75, 3.05) is 5.43 Å². The summed E-state index contributed by atoms with van der Waals surface area (Å²) in [4.78, 5) is 14.9. The second-order valence-electron chi connectivity index (χ2n) is 3.03. The first-order chi connectivity index (χ1) is 8.10. The molecule has 0 radical (unpaired) electrons. The first-order valence-electron chi connectivity index (χ1n) is 4.39. The van der Waals surface area contributed by atoms with Crippen LogP contribution < -0.4 is 11.3 Å². The van der Waals surface area contributed by atoms with Crippen LogP contribution in [0.4, 0.5) is 10.9 Å². The summed E-state index contributed by atoms with van der Waals surface area (Å²) in [5.74, 6) is 5.00. The summed E-state index contributed by atoms with van der Waals surface area (Å²) in [6.45, 7) is 0.409. The monoisotopic (exact) mass is 318 g/mol. The van der Waals surface area contributed by atoms with E-state index >= 15 is 0 Å². The van der Waals surface area contributed by atoms with Crippen LogP contribution in [0, 0.1) is 10.1 Å². The Morgan fingerprint density at radius 3 is 3.00 bits per heavy atom. The van der Waals surface area contributed by atoms with Crippen molar-refractivity contribution >= 4 is 38.2 Å². The Morgan fingerprint density at radius 1 is 1.71 bits per heavy atom. The van der Waals surface area contributed by atoms with E-state index in [0.29, 0.717) is 16.1 Å². The maximum Gasteiger partial charge on any atom is 0.404 e. The number of anilines is 1.